The van der Waals surface area contributed by atoms with Crippen LogP contribution in [0, 0.1) is 0 Å². The quantitative estimate of drug-likeness (QED) is 0.501. The fourth-order valence-electron chi connectivity index (χ4n) is 1.79. The molecule has 0 aromatic carbocycles. The molecule has 0 bridgehead atoms. The molecule has 0 aliphatic heterocycles. The maximum atomic E-state index is 12.0. The fraction of sp³-hybridized carbons (Fsp3) is 0.556. The monoisotopic (exact) mass is 369 g/mol. The van der Waals surface area contributed by atoms with Gasteiger partial charge in [0, 0.05) is 11.2 Å². The predicted molar refractivity (Wildman–Crippen MR) is 101 cm³/mol. The van der Waals surface area contributed by atoms with Crippen LogP contribution in [0.25, 0.3) is 6.08 Å². The Balaban J connectivity index is 3.04. The lowest BCUT2D eigenvalue weighted by Gasteiger charge is -2.39. The number of rotatable bonds is 7. The topological polar surface area (TPSA) is 48.4 Å². The number of nitrogens with zero attached hydrogens (tertiary/aromatic N) is 1. The number of esters is 1. The molecule has 0 fully saturated rings. The molecular formula is C18H28ClNO3Si. The lowest BCUT2D eigenvalue weighted by molar-refractivity contribution is -0.144. The minimum atomic E-state index is -2.09. The molecule has 0 spiro atoms. The number of ether oxygens (including phenoxy) is 1. The van der Waals surface area contributed by atoms with E-state index < -0.39 is 14.4 Å². The van der Waals surface area contributed by atoms with E-state index in [-0.39, 0.29) is 17.4 Å². The first-order valence-corrected chi connectivity index (χ1v) is 11.5. The van der Waals surface area contributed by atoms with Crippen molar-refractivity contribution in [3.8, 4) is 0 Å². The van der Waals surface area contributed by atoms with Crippen molar-refractivity contribution >= 4 is 32.0 Å². The minimum Gasteiger partial charge on any atom is -0.466 e. The van der Waals surface area contributed by atoms with E-state index in [1.165, 1.54) is 0 Å². The number of carbonyl (C=O) groups excluding carboxylic acids is 1. The zero-order valence-electron chi connectivity index (χ0n) is 15.4. The Hall–Kier alpha value is -1.17. The Bertz CT molecular complexity index is 567. The molecule has 0 unspecified atom stereocenters. The second-order valence-electron chi connectivity index (χ2n) is 7.16. The summed E-state index contributed by atoms with van der Waals surface area (Å²) >= 11 is 6.49. The van der Waals surface area contributed by atoms with Gasteiger partial charge in [0.25, 0.3) is 0 Å². The molecule has 24 heavy (non-hydrogen) atoms. The van der Waals surface area contributed by atoms with Gasteiger partial charge in [-0.25, -0.2) is 0 Å². The van der Waals surface area contributed by atoms with Crippen molar-refractivity contribution in [1.29, 1.82) is 0 Å². The molecule has 1 rings (SSSR count). The van der Waals surface area contributed by atoms with Crippen molar-refractivity contribution in [1.82, 2.24) is 4.98 Å². The van der Waals surface area contributed by atoms with E-state index in [0.29, 0.717) is 11.6 Å². The number of hydrogen-bond donors (Lipinski definition) is 0. The molecule has 1 aromatic rings. The summed E-state index contributed by atoms with van der Waals surface area (Å²) in [5.74, 6) is -0.311. The average Bonchev–Trinajstić information content (AvgIpc) is 2.46. The van der Waals surface area contributed by atoms with Crippen LogP contribution in [0.3, 0.4) is 0 Å². The lowest BCUT2D eigenvalue weighted by atomic mass is 10.2. The van der Waals surface area contributed by atoms with Crippen LogP contribution >= 0.6 is 11.6 Å². The molecule has 0 saturated carbocycles. The summed E-state index contributed by atoms with van der Waals surface area (Å²) < 4.78 is 11.4. The van der Waals surface area contributed by atoms with Crippen LogP contribution in [0.4, 0.5) is 0 Å². The van der Waals surface area contributed by atoms with E-state index in [2.05, 4.69) is 38.8 Å². The molecule has 134 valence electrons. The van der Waals surface area contributed by atoms with Crippen LogP contribution < -0.4 is 0 Å². The van der Waals surface area contributed by atoms with Gasteiger partial charge in [-0.2, -0.15) is 0 Å². The molecule has 0 radical (unpaired) electrons. The van der Waals surface area contributed by atoms with Gasteiger partial charge < -0.3 is 9.16 Å². The fourth-order valence-corrected chi connectivity index (χ4v) is 3.38. The molecule has 0 saturated heterocycles. The Morgan fingerprint density at radius 2 is 2.04 bits per heavy atom. The minimum absolute atomic E-state index is 0.0159. The number of pyridine rings is 1. The van der Waals surface area contributed by atoms with Crippen molar-refractivity contribution in [3.05, 3.63) is 35.1 Å². The van der Waals surface area contributed by atoms with Crippen molar-refractivity contribution in [3.63, 3.8) is 0 Å². The summed E-state index contributed by atoms with van der Waals surface area (Å²) in [6.07, 6.45) is 3.03. The summed E-state index contributed by atoms with van der Waals surface area (Å²) in [5, 5.41) is 0.480. The lowest BCUT2D eigenvalue weighted by Crippen LogP contribution is -2.44. The smallest absolute Gasteiger partial charge is 0.308 e. The predicted octanol–water partition coefficient (Wildman–Crippen LogP) is 5.00. The van der Waals surface area contributed by atoms with E-state index in [1.807, 2.05) is 18.2 Å². The summed E-state index contributed by atoms with van der Waals surface area (Å²) in [5.41, 5.74) is 0.732. The number of halogens is 1. The Labute approximate surface area is 151 Å². The highest BCUT2D eigenvalue weighted by atomic mass is 35.5. The van der Waals surface area contributed by atoms with Crippen molar-refractivity contribution in [2.45, 2.75) is 58.4 Å². The third-order valence-electron chi connectivity index (χ3n) is 4.18. The van der Waals surface area contributed by atoms with Crippen LogP contribution in [0.1, 0.15) is 39.8 Å². The van der Waals surface area contributed by atoms with Crippen molar-refractivity contribution < 1.29 is 14.0 Å². The van der Waals surface area contributed by atoms with Gasteiger partial charge in [-0.15, -0.1) is 0 Å². The van der Waals surface area contributed by atoms with Crippen LogP contribution in [0.15, 0.2) is 29.4 Å². The molecule has 4 nitrogen and oxygen atoms in total. The van der Waals surface area contributed by atoms with Crippen molar-refractivity contribution in [2.75, 3.05) is 6.61 Å². The van der Waals surface area contributed by atoms with Gasteiger partial charge in [0.15, 0.2) is 8.32 Å². The first kappa shape index (κ1) is 20.9. The Kier molecular flexibility index (Phi) is 7.64. The molecule has 0 amide bonds. The number of hydrogen-bond acceptors (Lipinski definition) is 4. The SMILES string of the molecule is CCOC(=O)C[C@H](O[Si](C)(C)C(C)(C)C)/C(Cl)=C\c1ccccn1. The molecule has 0 N–H and O–H groups in total. The second kappa shape index (κ2) is 8.79. The molecule has 1 aromatic heterocycles. The number of aromatic nitrogens is 1. The van der Waals surface area contributed by atoms with Crippen LogP contribution in [-0.2, 0) is 14.0 Å². The van der Waals surface area contributed by atoms with Gasteiger partial charge in [-0.1, -0.05) is 38.4 Å². The van der Waals surface area contributed by atoms with Gasteiger partial charge in [-0.05, 0) is 43.3 Å². The summed E-state index contributed by atoms with van der Waals surface area (Å²) in [6.45, 7) is 12.8. The summed E-state index contributed by atoms with van der Waals surface area (Å²) in [7, 11) is -2.09. The van der Waals surface area contributed by atoms with Crippen LogP contribution in [0.2, 0.25) is 18.1 Å². The van der Waals surface area contributed by atoms with Gasteiger partial charge in [0.05, 0.1) is 24.8 Å². The third kappa shape index (κ3) is 6.38. The number of carbonyl (C=O) groups is 1. The largest absolute Gasteiger partial charge is 0.466 e. The Morgan fingerprint density at radius 1 is 1.38 bits per heavy atom. The first-order chi connectivity index (χ1) is 11.1. The van der Waals surface area contributed by atoms with Crippen LogP contribution in [-0.4, -0.2) is 32.0 Å². The summed E-state index contributed by atoms with van der Waals surface area (Å²) in [4.78, 5) is 16.2. The van der Waals surface area contributed by atoms with Crippen molar-refractivity contribution in [2.24, 2.45) is 0 Å². The highest BCUT2D eigenvalue weighted by molar-refractivity contribution is 6.74. The molecule has 0 aliphatic carbocycles. The standard InChI is InChI=1S/C18H28ClNO3Si/c1-7-22-17(21)13-16(23-24(5,6)18(2,3)4)15(19)12-14-10-8-9-11-20-14/h8-12,16H,7,13H2,1-6H3/b15-12+/t16-/m0/s1. The second-order valence-corrected chi connectivity index (χ2v) is 12.4. The normalized spacial score (nSPS) is 14.4. The zero-order chi connectivity index (χ0) is 18.4. The van der Waals surface area contributed by atoms with Crippen LogP contribution in [0.5, 0.6) is 0 Å². The molecular weight excluding hydrogens is 342 g/mol. The highest BCUT2D eigenvalue weighted by Crippen LogP contribution is 2.39. The average molecular weight is 370 g/mol. The van der Waals surface area contributed by atoms with E-state index >= 15 is 0 Å². The summed E-state index contributed by atoms with van der Waals surface area (Å²) in [6, 6.07) is 5.58. The molecule has 1 atom stereocenters. The first-order valence-electron chi connectivity index (χ1n) is 8.18. The Morgan fingerprint density at radius 3 is 2.54 bits per heavy atom. The highest BCUT2D eigenvalue weighted by Gasteiger charge is 2.40. The van der Waals surface area contributed by atoms with Gasteiger partial charge in [-0.3, -0.25) is 9.78 Å². The van der Waals surface area contributed by atoms with Gasteiger partial charge in [0.2, 0.25) is 0 Å². The van der Waals surface area contributed by atoms with E-state index in [0.717, 1.165) is 5.69 Å². The van der Waals surface area contributed by atoms with Gasteiger partial charge >= 0.3 is 5.97 Å². The maximum absolute atomic E-state index is 12.0. The maximum Gasteiger partial charge on any atom is 0.308 e. The van der Waals surface area contributed by atoms with E-state index in [9.17, 15) is 4.79 Å². The molecule has 0 aliphatic rings. The third-order valence-corrected chi connectivity index (χ3v) is 9.02. The van der Waals surface area contributed by atoms with E-state index in [1.54, 1.807) is 19.2 Å². The zero-order valence-corrected chi connectivity index (χ0v) is 17.2. The molecule has 1 heterocycles. The van der Waals surface area contributed by atoms with Gasteiger partial charge in [0.1, 0.15) is 0 Å². The van der Waals surface area contributed by atoms with E-state index in [4.69, 9.17) is 20.8 Å². The molecule has 6 heteroatoms.